The van der Waals surface area contributed by atoms with Gasteiger partial charge in [-0.3, -0.25) is 9.69 Å². The molecule has 34 heavy (non-hydrogen) atoms. The molecule has 0 aliphatic rings. The average Bonchev–Trinajstić information content (AvgIpc) is 3.30. The summed E-state index contributed by atoms with van der Waals surface area (Å²) >= 11 is 0. The summed E-state index contributed by atoms with van der Waals surface area (Å²) < 4.78 is 5.61. The first kappa shape index (κ1) is 23.4. The second-order valence-corrected chi connectivity index (χ2v) is 8.67. The van der Waals surface area contributed by atoms with Gasteiger partial charge in [-0.2, -0.15) is 4.98 Å². The first-order valence-electron chi connectivity index (χ1n) is 11.4. The molecule has 174 valence electrons. The summed E-state index contributed by atoms with van der Waals surface area (Å²) in [5, 5.41) is 13.2. The van der Waals surface area contributed by atoms with Crippen LogP contribution in [0, 0.1) is 13.8 Å². The molecule has 6 heteroatoms. The third-order valence-corrected chi connectivity index (χ3v) is 6.03. The normalized spacial score (nSPS) is 11.2. The van der Waals surface area contributed by atoms with E-state index in [1.807, 2.05) is 24.3 Å². The number of aliphatic carboxylic acids is 1. The van der Waals surface area contributed by atoms with Gasteiger partial charge in [-0.15, -0.1) is 0 Å². The van der Waals surface area contributed by atoms with Crippen molar-refractivity contribution >= 4 is 5.97 Å². The number of likely N-dealkylation sites (N-methyl/N-ethyl adjacent to an activating group) is 1. The van der Waals surface area contributed by atoms with Gasteiger partial charge in [-0.05, 0) is 78.9 Å². The van der Waals surface area contributed by atoms with Gasteiger partial charge >= 0.3 is 5.97 Å². The topological polar surface area (TPSA) is 79.5 Å². The molecule has 3 aromatic carbocycles. The van der Waals surface area contributed by atoms with Crippen molar-refractivity contribution in [3.8, 4) is 34.0 Å². The van der Waals surface area contributed by atoms with Gasteiger partial charge in [0.25, 0.3) is 5.89 Å². The molecule has 4 rings (SSSR count). The van der Waals surface area contributed by atoms with Crippen LogP contribution in [0.1, 0.15) is 29.2 Å². The minimum absolute atomic E-state index is 0.00115. The number of aryl methyl sites for hydroxylation is 3. The van der Waals surface area contributed by atoms with E-state index >= 15 is 0 Å². The van der Waals surface area contributed by atoms with Crippen LogP contribution in [0.15, 0.2) is 65.2 Å². The highest BCUT2D eigenvalue weighted by Crippen LogP contribution is 2.31. The molecule has 0 amide bonds. The fourth-order valence-corrected chi connectivity index (χ4v) is 4.26. The largest absolute Gasteiger partial charge is 0.480 e. The molecule has 0 atom stereocenters. The van der Waals surface area contributed by atoms with Gasteiger partial charge in [-0.25, -0.2) is 0 Å². The Labute approximate surface area is 199 Å². The monoisotopic (exact) mass is 455 g/mol. The zero-order valence-electron chi connectivity index (χ0n) is 20.0. The molecule has 0 saturated carbocycles. The Bertz CT molecular complexity index is 1330. The molecule has 1 aromatic heterocycles. The molecule has 0 spiro atoms. The lowest BCUT2D eigenvalue weighted by atomic mass is 9.95. The molecular formula is C28H29N3O3. The Balaban J connectivity index is 1.58. The van der Waals surface area contributed by atoms with Crippen molar-refractivity contribution in [2.45, 2.75) is 33.7 Å². The Morgan fingerprint density at radius 2 is 1.68 bits per heavy atom. The van der Waals surface area contributed by atoms with Crippen molar-refractivity contribution in [2.24, 2.45) is 0 Å². The first-order valence-corrected chi connectivity index (χ1v) is 11.4. The third kappa shape index (κ3) is 5.07. The maximum Gasteiger partial charge on any atom is 0.317 e. The van der Waals surface area contributed by atoms with Crippen LogP contribution in [0.25, 0.3) is 34.0 Å². The highest BCUT2D eigenvalue weighted by atomic mass is 16.5. The van der Waals surface area contributed by atoms with E-state index in [4.69, 9.17) is 9.63 Å². The molecule has 0 bridgehead atoms. The van der Waals surface area contributed by atoms with Crippen molar-refractivity contribution in [1.29, 1.82) is 0 Å². The number of carbonyl (C=O) groups is 1. The predicted molar refractivity (Wildman–Crippen MR) is 133 cm³/mol. The maximum atomic E-state index is 11.0. The summed E-state index contributed by atoms with van der Waals surface area (Å²) in [6.45, 7) is 6.87. The van der Waals surface area contributed by atoms with E-state index in [9.17, 15) is 4.79 Å². The van der Waals surface area contributed by atoms with Gasteiger partial charge in [0.05, 0.1) is 6.54 Å². The molecule has 0 aliphatic carbocycles. The second kappa shape index (κ2) is 10.0. The van der Waals surface area contributed by atoms with E-state index in [-0.39, 0.29) is 6.54 Å². The molecule has 0 saturated heterocycles. The molecule has 6 nitrogen and oxygen atoms in total. The number of aromatic nitrogens is 2. The number of carboxylic acid groups (broad SMARTS) is 1. The SMILES string of the molecule is CCc1cc(-c2noc(-c3ccc(-c4ccccc4C)c(C)c3)n2)ccc1CN(C)CC(=O)O. The summed E-state index contributed by atoms with van der Waals surface area (Å²) in [7, 11) is 1.80. The summed E-state index contributed by atoms with van der Waals surface area (Å²) in [6, 6.07) is 20.6. The summed E-state index contributed by atoms with van der Waals surface area (Å²) in [6.07, 6.45) is 0.828. The van der Waals surface area contributed by atoms with Gasteiger partial charge in [-0.1, -0.05) is 54.5 Å². The lowest BCUT2D eigenvalue weighted by molar-refractivity contribution is -0.138. The van der Waals surface area contributed by atoms with Crippen molar-refractivity contribution in [3.05, 3.63) is 82.9 Å². The third-order valence-electron chi connectivity index (χ3n) is 6.03. The van der Waals surface area contributed by atoms with E-state index < -0.39 is 5.97 Å². The molecule has 1 N–H and O–H groups in total. The number of hydrogen-bond acceptors (Lipinski definition) is 5. The van der Waals surface area contributed by atoms with Gasteiger partial charge in [0.1, 0.15) is 0 Å². The summed E-state index contributed by atoms with van der Waals surface area (Å²) in [5.41, 5.74) is 8.80. The molecule has 0 unspecified atom stereocenters. The Hall–Kier alpha value is -3.77. The fourth-order valence-electron chi connectivity index (χ4n) is 4.26. The number of hydrogen-bond donors (Lipinski definition) is 1. The van der Waals surface area contributed by atoms with Crippen LogP contribution < -0.4 is 0 Å². The molecule has 4 aromatic rings. The van der Waals surface area contributed by atoms with E-state index in [1.54, 1.807) is 11.9 Å². The maximum absolute atomic E-state index is 11.0. The van der Waals surface area contributed by atoms with E-state index in [1.165, 1.54) is 16.7 Å². The predicted octanol–water partition coefficient (Wildman–Crippen LogP) is 5.77. The van der Waals surface area contributed by atoms with Gasteiger partial charge < -0.3 is 9.63 Å². The molecule has 1 heterocycles. The Morgan fingerprint density at radius 3 is 2.38 bits per heavy atom. The highest BCUT2D eigenvalue weighted by molar-refractivity contribution is 5.74. The van der Waals surface area contributed by atoms with E-state index in [2.05, 4.69) is 67.3 Å². The van der Waals surface area contributed by atoms with Gasteiger partial charge in [0, 0.05) is 17.7 Å². The lowest BCUT2D eigenvalue weighted by Gasteiger charge is -2.17. The van der Waals surface area contributed by atoms with Crippen LogP contribution >= 0.6 is 0 Å². The first-order chi connectivity index (χ1) is 16.4. The minimum Gasteiger partial charge on any atom is -0.480 e. The minimum atomic E-state index is -0.835. The van der Waals surface area contributed by atoms with Gasteiger partial charge in [0.15, 0.2) is 0 Å². The average molecular weight is 456 g/mol. The molecule has 0 fully saturated rings. The van der Waals surface area contributed by atoms with Crippen molar-refractivity contribution in [3.63, 3.8) is 0 Å². The number of carboxylic acids is 1. The quantitative estimate of drug-likeness (QED) is 0.364. The van der Waals surface area contributed by atoms with Crippen molar-refractivity contribution in [2.75, 3.05) is 13.6 Å². The van der Waals surface area contributed by atoms with Crippen molar-refractivity contribution in [1.82, 2.24) is 15.0 Å². The summed E-state index contributed by atoms with van der Waals surface area (Å²) in [4.78, 5) is 17.4. The molecular weight excluding hydrogens is 426 g/mol. The second-order valence-electron chi connectivity index (χ2n) is 8.67. The van der Waals surface area contributed by atoms with E-state index in [0.29, 0.717) is 18.3 Å². The van der Waals surface area contributed by atoms with Crippen LogP contribution in [0.5, 0.6) is 0 Å². The number of rotatable bonds is 8. The Kier molecular flexibility index (Phi) is 6.89. The lowest BCUT2D eigenvalue weighted by Crippen LogP contribution is -2.25. The molecule has 0 radical (unpaired) electrons. The van der Waals surface area contributed by atoms with Crippen LogP contribution in [0.4, 0.5) is 0 Å². The van der Waals surface area contributed by atoms with Crippen LogP contribution in [-0.2, 0) is 17.8 Å². The zero-order chi connectivity index (χ0) is 24.2. The van der Waals surface area contributed by atoms with Crippen molar-refractivity contribution < 1.29 is 14.4 Å². The zero-order valence-corrected chi connectivity index (χ0v) is 20.0. The number of nitrogens with zero attached hydrogens (tertiary/aromatic N) is 3. The highest BCUT2D eigenvalue weighted by Gasteiger charge is 2.15. The summed E-state index contributed by atoms with van der Waals surface area (Å²) in [5.74, 6) is 0.187. The van der Waals surface area contributed by atoms with E-state index in [0.717, 1.165) is 34.2 Å². The van der Waals surface area contributed by atoms with Crippen LogP contribution in [0.3, 0.4) is 0 Å². The van der Waals surface area contributed by atoms with Gasteiger partial charge in [0.2, 0.25) is 5.82 Å². The molecule has 0 aliphatic heterocycles. The van der Waals surface area contributed by atoms with Crippen LogP contribution in [-0.4, -0.2) is 39.7 Å². The van der Waals surface area contributed by atoms with Crippen LogP contribution in [0.2, 0.25) is 0 Å². The number of benzene rings is 3. The standard InChI is InChI=1S/C28H29N3O3/c1-5-20-15-21(10-11-23(20)16-31(4)17-26(32)33)27-29-28(34-30-27)22-12-13-25(19(3)14-22)24-9-7-6-8-18(24)2/h6-15H,5,16-17H2,1-4H3,(H,32,33). The Morgan fingerprint density at radius 1 is 0.941 bits per heavy atom. The smallest absolute Gasteiger partial charge is 0.317 e. The fraction of sp³-hybridized carbons (Fsp3) is 0.250.